The standard InChI is InChI=1S/C17H21N3O6/c1-17(2)15(23)20(16(24)19-17)9-14(22)26-10-13(21)18-8-11-4-6-12(25-3)7-5-11/h4-7H,8-10H2,1-3H3,(H,18,21)(H,19,24). The zero-order valence-electron chi connectivity index (χ0n) is 14.8. The molecule has 0 aromatic heterocycles. The van der Waals surface area contributed by atoms with Gasteiger partial charge in [-0.25, -0.2) is 4.79 Å². The Balaban J connectivity index is 1.74. The largest absolute Gasteiger partial charge is 0.497 e. The van der Waals surface area contributed by atoms with Gasteiger partial charge in [0.15, 0.2) is 6.61 Å². The van der Waals surface area contributed by atoms with Crippen LogP contribution in [0.3, 0.4) is 0 Å². The molecule has 1 heterocycles. The lowest BCUT2D eigenvalue weighted by molar-refractivity contribution is -0.151. The highest BCUT2D eigenvalue weighted by Crippen LogP contribution is 2.16. The molecule has 0 unspecified atom stereocenters. The van der Waals surface area contributed by atoms with Crippen molar-refractivity contribution in [1.29, 1.82) is 0 Å². The molecular formula is C17H21N3O6. The van der Waals surface area contributed by atoms with Crippen LogP contribution in [0.2, 0.25) is 0 Å². The van der Waals surface area contributed by atoms with Crippen molar-refractivity contribution in [3.05, 3.63) is 29.8 Å². The Labute approximate surface area is 150 Å². The molecule has 9 nitrogen and oxygen atoms in total. The van der Waals surface area contributed by atoms with Crippen molar-refractivity contribution in [3.63, 3.8) is 0 Å². The van der Waals surface area contributed by atoms with Crippen LogP contribution < -0.4 is 15.4 Å². The Hall–Kier alpha value is -3.10. The molecule has 1 aromatic rings. The highest BCUT2D eigenvalue weighted by atomic mass is 16.5. The molecule has 140 valence electrons. The summed E-state index contributed by atoms with van der Waals surface area (Å²) in [5.74, 6) is -1.15. The van der Waals surface area contributed by atoms with Crippen molar-refractivity contribution in [2.45, 2.75) is 25.9 Å². The predicted molar refractivity (Wildman–Crippen MR) is 90.1 cm³/mol. The van der Waals surface area contributed by atoms with Gasteiger partial charge in [0.1, 0.15) is 17.8 Å². The Morgan fingerprint density at radius 2 is 1.85 bits per heavy atom. The van der Waals surface area contributed by atoms with Gasteiger partial charge in [0.2, 0.25) is 0 Å². The van der Waals surface area contributed by atoms with Gasteiger partial charge in [0.25, 0.3) is 11.8 Å². The van der Waals surface area contributed by atoms with E-state index in [1.807, 2.05) is 0 Å². The molecule has 1 aliphatic rings. The molecule has 1 aliphatic heterocycles. The first kappa shape index (κ1) is 19.2. The number of carbonyl (C=O) groups excluding carboxylic acids is 4. The minimum Gasteiger partial charge on any atom is -0.497 e. The Morgan fingerprint density at radius 3 is 2.38 bits per heavy atom. The van der Waals surface area contributed by atoms with E-state index in [4.69, 9.17) is 9.47 Å². The monoisotopic (exact) mass is 363 g/mol. The van der Waals surface area contributed by atoms with Crippen LogP contribution in [0.4, 0.5) is 4.79 Å². The van der Waals surface area contributed by atoms with E-state index in [9.17, 15) is 19.2 Å². The maximum atomic E-state index is 12.0. The van der Waals surface area contributed by atoms with E-state index in [1.165, 1.54) is 13.8 Å². The van der Waals surface area contributed by atoms with Crippen molar-refractivity contribution < 1.29 is 28.7 Å². The molecule has 0 bridgehead atoms. The third kappa shape index (κ3) is 4.71. The van der Waals surface area contributed by atoms with Gasteiger partial charge < -0.3 is 20.1 Å². The number of benzene rings is 1. The number of urea groups is 1. The van der Waals surface area contributed by atoms with Crippen LogP contribution in [0.1, 0.15) is 19.4 Å². The lowest BCUT2D eigenvalue weighted by atomic mass is 10.1. The van der Waals surface area contributed by atoms with Gasteiger partial charge in [-0.15, -0.1) is 0 Å². The third-order valence-electron chi connectivity index (χ3n) is 3.74. The van der Waals surface area contributed by atoms with E-state index >= 15 is 0 Å². The molecule has 2 N–H and O–H groups in total. The van der Waals surface area contributed by atoms with Gasteiger partial charge in [-0.2, -0.15) is 0 Å². The maximum absolute atomic E-state index is 12.0. The van der Waals surface area contributed by atoms with Gasteiger partial charge >= 0.3 is 12.0 Å². The van der Waals surface area contributed by atoms with Gasteiger partial charge in [0, 0.05) is 6.54 Å². The fourth-order valence-electron chi connectivity index (χ4n) is 2.28. The molecule has 0 saturated carbocycles. The number of nitrogens with zero attached hydrogens (tertiary/aromatic N) is 1. The summed E-state index contributed by atoms with van der Waals surface area (Å²) in [5.41, 5.74) is -0.209. The number of nitrogens with one attached hydrogen (secondary N) is 2. The van der Waals surface area contributed by atoms with Gasteiger partial charge in [0.05, 0.1) is 7.11 Å². The molecule has 0 atom stereocenters. The van der Waals surface area contributed by atoms with Crippen LogP contribution in [-0.2, 0) is 25.7 Å². The van der Waals surface area contributed by atoms with Crippen molar-refractivity contribution in [2.75, 3.05) is 20.3 Å². The van der Waals surface area contributed by atoms with Crippen molar-refractivity contribution >= 4 is 23.8 Å². The number of hydrogen-bond acceptors (Lipinski definition) is 6. The lowest BCUT2D eigenvalue weighted by Crippen LogP contribution is -2.41. The Kier molecular flexibility index (Phi) is 5.81. The predicted octanol–water partition coefficient (Wildman–Crippen LogP) is 0.185. The van der Waals surface area contributed by atoms with E-state index in [0.717, 1.165) is 10.5 Å². The summed E-state index contributed by atoms with van der Waals surface area (Å²) in [4.78, 5) is 47.9. The van der Waals surface area contributed by atoms with Crippen LogP contribution in [0.25, 0.3) is 0 Å². The second kappa shape index (κ2) is 7.85. The van der Waals surface area contributed by atoms with Crippen molar-refractivity contribution in [3.8, 4) is 5.75 Å². The topological polar surface area (TPSA) is 114 Å². The Morgan fingerprint density at radius 1 is 1.19 bits per heavy atom. The molecule has 0 radical (unpaired) electrons. The van der Waals surface area contributed by atoms with Gasteiger partial charge in [-0.05, 0) is 31.5 Å². The molecular weight excluding hydrogens is 342 g/mol. The average Bonchev–Trinajstić information content (AvgIpc) is 2.80. The lowest BCUT2D eigenvalue weighted by Gasteiger charge is -2.15. The fraction of sp³-hybridized carbons (Fsp3) is 0.412. The van der Waals surface area contributed by atoms with E-state index < -0.39 is 42.5 Å². The van der Waals surface area contributed by atoms with E-state index in [2.05, 4.69) is 10.6 Å². The van der Waals surface area contributed by atoms with Crippen molar-refractivity contribution in [2.24, 2.45) is 0 Å². The van der Waals surface area contributed by atoms with Gasteiger partial charge in [-0.1, -0.05) is 12.1 Å². The quantitative estimate of drug-likeness (QED) is 0.528. The molecule has 0 aliphatic carbocycles. The maximum Gasteiger partial charge on any atom is 0.326 e. The van der Waals surface area contributed by atoms with Crippen LogP contribution >= 0.6 is 0 Å². The number of esters is 1. The van der Waals surface area contributed by atoms with Crippen molar-refractivity contribution in [1.82, 2.24) is 15.5 Å². The van der Waals surface area contributed by atoms with E-state index in [1.54, 1.807) is 31.4 Å². The number of amides is 4. The molecule has 1 fully saturated rings. The van der Waals surface area contributed by atoms with Crippen LogP contribution in [0.5, 0.6) is 5.75 Å². The smallest absolute Gasteiger partial charge is 0.326 e. The van der Waals surface area contributed by atoms with Gasteiger partial charge in [-0.3, -0.25) is 19.3 Å². The third-order valence-corrected chi connectivity index (χ3v) is 3.74. The highest BCUT2D eigenvalue weighted by Gasteiger charge is 2.45. The molecule has 1 saturated heterocycles. The molecule has 4 amide bonds. The van der Waals surface area contributed by atoms with E-state index in [-0.39, 0.29) is 6.54 Å². The number of hydrogen-bond donors (Lipinski definition) is 2. The number of methoxy groups -OCH3 is 1. The van der Waals surface area contributed by atoms with Crippen LogP contribution in [0, 0.1) is 0 Å². The zero-order chi connectivity index (χ0) is 19.3. The zero-order valence-corrected chi connectivity index (χ0v) is 14.8. The summed E-state index contributed by atoms with van der Waals surface area (Å²) in [5, 5.41) is 5.05. The second-order valence-corrected chi connectivity index (χ2v) is 6.23. The summed E-state index contributed by atoms with van der Waals surface area (Å²) < 4.78 is 9.85. The number of ether oxygens (including phenoxy) is 2. The Bertz CT molecular complexity index is 714. The number of imide groups is 1. The SMILES string of the molecule is COc1ccc(CNC(=O)COC(=O)CN2C(=O)NC(C)(C)C2=O)cc1. The summed E-state index contributed by atoms with van der Waals surface area (Å²) in [7, 11) is 1.56. The first-order valence-corrected chi connectivity index (χ1v) is 7.92. The number of rotatable bonds is 7. The first-order valence-electron chi connectivity index (χ1n) is 7.92. The minimum atomic E-state index is -1.06. The number of carbonyl (C=O) groups is 4. The average molecular weight is 363 g/mol. The molecule has 0 spiro atoms. The summed E-state index contributed by atoms with van der Waals surface area (Å²) in [6, 6.07) is 6.46. The summed E-state index contributed by atoms with van der Waals surface area (Å²) in [6.07, 6.45) is 0. The normalized spacial score (nSPS) is 15.4. The van der Waals surface area contributed by atoms with Crippen LogP contribution in [-0.4, -0.2) is 54.5 Å². The fourth-order valence-corrected chi connectivity index (χ4v) is 2.28. The van der Waals surface area contributed by atoms with Crippen LogP contribution in [0.15, 0.2) is 24.3 Å². The minimum absolute atomic E-state index is 0.265. The molecule has 26 heavy (non-hydrogen) atoms. The second-order valence-electron chi connectivity index (χ2n) is 6.23. The first-order chi connectivity index (χ1) is 12.2. The van der Waals surface area contributed by atoms with E-state index in [0.29, 0.717) is 5.75 Å². The summed E-state index contributed by atoms with van der Waals surface area (Å²) >= 11 is 0. The summed E-state index contributed by atoms with van der Waals surface area (Å²) in [6.45, 7) is 2.29. The molecule has 1 aromatic carbocycles. The molecule has 2 rings (SSSR count). The highest BCUT2D eigenvalue weighted by molar-refractivity contribution is 6.08. The molecule has 9 heteroatoms.